The first-order valence-corrected chi connectivity index (χ1v) is 9.11. The maximum Gasteiger partial charge on any atom is 0.244 e. The van der Waals surface area contributed by atoms with Crippen molar-refractivity contribution >= 4 is 44.0 Å². The maximum atomic E-state index is 11.9. The average molecular weight is 462 g/mol. The number of nitrogens with one attached hydrogen (secondary N) is 1. The smallest absolute Gasteiger partial charge is 0.244 e. The van der Waals surface area contributed by atoms with Gasteiger partial charge in [0.15, 0.2) is 0 Å². The van der Waals surface area contributed by atoms with E-state index in [1.807, 2.05) is 60.7 Å². The standard InChI is InChI=1S/C19H14Br2N2O2/c20-15-5-1-13(2-6-15)11-19(24)23-22-12-17-9-10-18(25-17)14-3-7-16(21)8-4-14/h1-10,12H,11H2,(H,23,24)/b22-12-. The molecule has 0 aliphatic carbocycles. The molecule has 0 aliphatic rings. The molecule has 0 fully saturated rings. The number of furan rings is 1. The molecule has 1 N–H and O–H groups in total. The van der Waals surface area contributed by atoms with Crippen molar-refractivity contribution < 1.29 is 9.21 Å². The number of rotatable bonds is 5. The molecule has 0 saturated carbocycles. The van der Waals surface area contributed by atoms with Crippen LogP contribution in [0.25, 0.3) is 11.3 Å². The third-order valence-electron chi connectivity index (χ3n) is 3.41. The first kappa shape index (κ1) is 17.6. The molecule has 0 bridgehead atoms. The Kier molecular flexibility index (Phi) is 5.83. The van der Waals surface area contributed by atoms with E-state index in [1.54, 1.807) is 0 Å². The van der Waals surface area contributed by atoms with Crippen LogP contribution in [0.15, 0.2) is 79.1 Å². The first-order valence-electron chi connectivity index (χ1n) is 7.52. The summed E-state index contributed by atoms with van der Waals surface area (Å²) in [5, 5.41) is 3.94. The molecule has 4 nitrogen and oxygen atoms in total. The van der Waals surface area contributed by atoms with Gasteiger partial charge in [-0.15, -0.1) is 0 Å². The van der Waals surface area contributed by atoms with Crippen molar-refractivity contribution in [2.45, 2.75) is 6.42 Å². The highest BCUT2D eigenvalue weighted by Crippen LogP contribution is 2.23. The lowest BCUT2D eigenvalue weighted by molar-refractivity contribution is -0.120. The van der Waals surface area contributed by atoms with E-state index in [4.69, 9.17) is 4.42 Å². The molecular weight excluding hydrogens is 448 g/mol. The predicted molar refractivity (Wildman–Crippen MR) is 105 cm³/mol. The van der Waals surface area contributed by atoms with E-state index in [-0.39, 0.29) is 12.3 Å². The molecule has 126 valence electrons. The SMILES string of the molecule is O=C(Cc1ccc(Br)cc1)N/N=C\c1ccc(-c2ccc(Br)cc2)o1. The van der Waals surface area contributed by atoms with Crippen LogP contribution in [0.2, 0.25) is 0 Å². The Morgan fingerprint density at radius 3 is 2.28 bits per heavy atom. The monoisotopic (exact) mass is 460 g/mol. The summed E-state index contributed by atoms with van der Waals surface area (Å²) in [7, 11) is 0. The summed E-state index contributed by atoms with van der Waals surface area (Å²) < 4.78 is 7.69. The lowest BCUT2D eigenvalue weighted by Gasteiger charge is -2.00. The zero-order valence-electron chi connectivity index (χ0n) is 13.1. The second-order valence-electron chi connectivity index (χ2n) is 5.31. The molecule has 0 aliphatic heterocycles. The van der Waals surface area contributed by atoms with E-state index in [2.05, 4.69) is 42.4 Å². The Hall–Kier alpha value is -2.18. The van der Waals surface area contributed by atoms with Crippen LogP contribution in [0.1, 0.15) is 11.3 Å². The van der Waals surface area contributed by atoms with E-state index in [1.165, 1.54) is 6.21 Å². The molecular formula is C19H14Br2N2O2. The molecule has 3 aromatic rings. The van der Waals surface area contributed by atoms with Crippen LogP contribution in [-0.2, 0) is 11.2 Å². The van der Waals surface area contributed by atoms with Crippen LogP contribution < -0.4 is 5.43 Å². The van der Waals surface area contributed by atoms with Crippen molar-refractivity contribution in [1.82, 2.24) is 5.43 Å². The van der Waals surface area contributed by atoms with Gasteiger partial charge in [0.05, 0.1) is 12.6 Å². The Balaban J connectivity index is 1.56. The van der Waals surface area contributed by atoms with Crippen LogP contribution >= 0.6 is 31.9 Å². The van der Waals surface area contributed by atoms with Gasteiger partial charge in [0, 0.05) is 14.5 Å². The van der Waals surface area contributed by atoms with Crippen molar-refractivity contribution in [2.24, 2.45) is 5.10 Å². The molecule has 1 heterocycles. The number of carbonyl (C=O) groups is 1. The number of benzene rings is 2. The van der Waals surface area contributed by atoms with Crippen LogP contribution in [0.3, 0.4) is 0 Å². The predicted octanol–water partition coefficient (Wildman–Crippen LogP) is 5.16. The average Bonchev–Trinajstić information content (AvgIpc) is 3.06. The third-order valence-corrected chi connectivity index (χ3v) is 4.47. The van der Waals surface area contributed by atoms with Crippen molar-refractivity contribution in [1.29, 1.82) is 0 Å². The quantitative estimate of drug-likeness (QED) is 0.421. The van der Waals surface area contributed by atoms with Crippen molar-refractivity contribution in [3.8, 4) is 11.3 Å². The molecule has 1 aromatic heterocycles. The van der Waals surface area contributed by atoms with Crippen LogP contribution in [0.4, 0.5) is 0 Å². The van der Waals surface area contributed by atoms with Gasteiger partial charge in [0.2, 0.25) is 5.91 Å². The van der Waals surface area contributed by atoms with Gasteiger partial charge in [-0.2, -0.15) is 5.10 Å². The molecule has 3 rings (SSSR count). The minimum absolute atomic E-state index is 0.182. The second kappa shape index (κ2) is 8.27. The fourth-order valence-electron chi connectivity index (χ4n) is 2.19. The number of halogens is 2. The van der Waals surface area contributed by atoms with Gasteiger partial charge >= 0.3 is 0 Å². The number of hydrogen-bond donors (Lipinski definition) is 1. The van der Waals surface area contributed by atoms with E-state index in [9.17, 15) is 4.79 Å². The molecule has 0 saturated heterocycles. The Morgan fingerprint density at radius 1 is 0.960 bits per heavy atom. The van der Waals surface area contributed by atoms with E-state index in [0.29, 0.717) is 5.76 Å². The van der Waals surface area contributed by atoms with Gasteiger partial charge in [-0.3, -0.25) is 4.79 Å². The molecule has 6 heteroatoms. The lowest BCUT2D eigenvalue weighted by atomic mass is 10.1. The van der Waals surface area contributed by atoms with E-state index in [0.717, 1.165) is 25.8 Å². The minimum atomic E-state index is -0.182. The zero-order chi connectivity index (χ0) is 17.6. The molecule has 0 spiro atoms. The Labute approximate surface area is 162 Å². The van der Waals surface area contributed by atoms with Crippen molar-refractivity contribution in [2.75, 3.05) is 0 Å². The number of nitrogens with zero attached hydrogens (tertiary/aromatic N) is 1. The summed E-state index contributed by atoms with van der Waals surface area (Å²) >= 11 is 6.77. The number of amides is 1. The number of hydrogen-bond acceptors (Lipinski definition) is 3. The number of hydrazone groups is 1. The summed E-state index contributed by atoms with van der Waals surface area (Å²) in [6, 6.07) is 19.1. The fourth-order valence-corrected chi connectivity index (χ4v) is 2.72. The molecule has 0 unspecified atom stereocenters. The summed E-state index contributed by atoms with van der Waals surface area (Å²) in [6.07, 6.45) is 1.76. The lowest BCUT2D eigenvalue weighted by Crippen LogP contribution is -2.19. The maximum absolute atomic E-state index is 11.9. The zero-order valence-corrected chi connectivity index (χ0v) is 16.2. The number of carbonyl (C=O) groups excluding carboxylic acids is 1. The minimum Gasteiger partial charge on any atom is -0.455 e. The van der Waals surface area contributed by atoms with Crippen LogP contribution in [0, 0.1) is 0 Å². The van der Waals surface area contributed by atoms with Gasteiger partial charge in [0.1, 0.15) is 11.5 Å². The summed E-state index contributed by atoms with van der Waals surface area (Å²) in [5.74, 6) is 1.13. The molecule has 2 aromatic carbocycles. The van der Waals surface area contributed by atoms with Gasteiger partial charge in [-0.1, -0.05) is 56.1 Å². The highest BCUT2D eigenvalue weighted by atomic mass is 79.9. The largest absolute Gasteiger partial charge is 0.455 e. The summed E-state index contributed by atoms with van der Waals surface area (Å²) in [4.78, 5) is 11.9. The Bertz CT molecular complexity index is 885. The van der Waals surface area contributed by atoms with Gasteiger partial charge in [0.25, 0.3) is 0 Å². The third kappa shape index (κ3) is 5.14. The normalized spacial score (nSPS) is 11.0. The highest BCUT2D eigenvalue weighted by Gasteiger charge is 2.04. The van der Waals surface area contributed by atoms with Gasteiger partial charge in [-0.25, -0.2) is 5.43 Å². The first-order chi connectivity index (χ1) is 12.1. The van der Waals surface area contributed by atoms with Gasteiger partial charge < -0.3 is 4.42 Å². The Morgan fingerprint density at radius 2 is 1.60 bits per heavy atom. The van der Waals surface area contributed by atoms with Crippen LogP contribution in [0.5, 0.6) is 0 Å². The molecule has 25 heavy (non-hydrogen) atoms. The topological polar surface area (TPSA) is 54.6 Å². The molecule has 0 atom stereocenters. The van der Waals surface area contributed by atoms with Crippen molar-refractivity contribution in [3.05, 3.63) is 80.9 Å². The van der Waals surface area contributed by atoms with E-state index >= 15 is 0 Å². The fraction of sp³-hybridized carbons (Fsp3) is 0.0526. The van der Waals surface area contributed by atoms with Crippen LogP contribution in [-0.4, -0.2) is 12.1 Å². The summed E-state index contributed by atoms with van der Waals surface area (Å²) in [6.45, 7) is 0. The van der Waals surface area contributed by atoms with Gasteiger partial charge in [-0.05, 0) is 42.0 Å². The van der Waals surface area contributed by atoms with E-state index < -0.39 is 0 Å². The molecule has 1 amide bonds. The molecule has 0 radical (unpaired) electrons. The summed E-state index contributed by atoms with van der Waals surface area (Å²) in [5.41, 5.74) is 4.40. The van der Waals surface area contributed by atoms with Crippen molar-refractivity contribution in [3.63, 3.8) is 0 Å². The highest BCUT2D eigenvalue weighted by molar-refractivity contribution is 9.10. The second-order valence-corrected chi connectivity index (χ2v) is 7.14.